The highest BCUT2D eigenvalue weighted by atomic mass is 16.5. The molecule has 108 valence electrons. The molecule has 0 radical (unpaired) electrons. The molecule has 5 nitrogen and oxygen atoms in total. The first-order valence-electron chi connectivity index (χ1n) is 6.84. The van der Waals surface area contributed by atoms with Gasteiger partial charge in [0.2, 0.25) is 5.96 Å². The number of ether oxygens (including phenoxy) is 1. The fraction of sp³-hybridized carbons (Fsp3) is 0.467. The van der Waals surface area contributed by atoms with E-state index in [4.69, 9.17) is 4.74 Å². The maximum absolute atomic E-state index is 11.7. The lowest BCUT2D eigenvalue weighted by atomic mass is 10.1. The Bertz CT molecular complexity index is 485. The standard InChI is InChI=1S/C15H21N3O2/c1-11(2)10-20-15(19)17-14-16-9-13(18(14)3)12-7-5-4-6-8-12/h4-8,11,13H,9-10H2,1-3H3,(H,16,17,19). The van der Waals surface area contributed by atoms with E-state index in [9.17, 15) is 4.79 Å². The summed E-state index contributed by atoms with van der Waals surface area (Å²) in [6.45, 7) is 5.04. The number of alkyl carbamates (subject to hydrolysis) is 1. The molecule has 1 aromatic carbocycles. The Morgan fingerprint density at radius 2 is 2.15 bits per heavy atom. The van der Waals surface area contributed by atoms with Gasteiger partial charge in [-0.25, -0.2) is 4.79 Å². The van der Waals surface area contributed by atoms with Crippen LogP contribution in [0.25, 0.3) is 0 Å². The van der Waals surface area contributed by atoms with Crippen molar-refractivity contribution < 1.29 is 9.53 Å². The van der Waals surface area contributed by atoms with Crippen LogP contribution in [0.1, 0.15) is 25.5 Å². The third-order valence-corrected chi connectivity index (χ3v) is 3.16. The number of aliphatic imine (C=N–C) groups is 1. The molecule has 1 aliphatic heterocycles. The normalized spacial score (nSPS) is 18.1. The van der Waals surface area contributed by atoms with Crippen LogP contribution in [0.4, 0.5) is 4.79 Å². The maximum Gasteiger partial charge on any atom is 0.413 e. The first-order chi connectivity index (χ1) is 9.58. The van der Waals surface area contributed by atoms with Crippen LogP contribution in [0, 0.1) is 5.92 Å². The van der Waals surface area contributed by atoms with Crippen LogP contribution in [0.3, 0.4) is 0 Å². The van der Waals surface area contributed by atoms with Crippen molar-refractivity contribution in [1.29, 1.82) is 0 Å². The Morgan fingerprint density at radius 3 is 2.80 bits per heavy atom. The first-order valence-corrected chi connectivity index (χ1v) is 6.84. The van der Waals surface area contributed by atoms with Crippen molar-refractivity contribution in [3.8, 4) is 0 Å². The lowest BCUT2D eigenvalue weighted by Crippen LogP contribution is -2.41. The molecule has 0 fully saturated rings. The van der Waals surface area contributed by atoms with Gasteiger partial charge in [0, 0.05) is 7.05 Å². The number of nitrogens with one attached hydrogen (secondary N) is 1. The molecule has 1 amide bonds. The van der Waals surface area contributed by atoms with E-state index in [2.05, 4.69) is 22.4 Å². The third-order valence-electron chi connectivity index (χ3n) is 3.16. The molecular formula is C15H21N3O2. The number of nitrogens with zero attached hydrogens (tertiary/aromatic N) is 2. The highest BCUT2D eigenvalue weighted by Gasteiger charge is 2.27. The quantitative estimate of drug-likeness (QED) is 0.921. The van der Waals surface area contributed by atoms with Gasteiger partial charge in [0.1, 0.15) is 0 Å². The summed E-state index contributed by atoms with van der Waals surface area (Å²) < 4.78 is 5.10. The average molecular weight is 275 g/mol. The molecule has 1 heterocycles. The van der Waals surface area contributed by atoms with Crippen molar-refractivity contribution in [3.05, 3.63) is 35.9 Å². The molecule has 0 bridgehead atoms. The van der Waals surface area contributed by atoms with E-state index in [1.807, 2.05) is 44.0 Å². The van der Waals surface area contributed by atoms with E-state index >= 15 is 0 Å². The summed E-state index contributed by atoms with van der Waals surface area (Å²) in [5.74, 6) is 0.883. The summed E-state index contributed by atoms with van der Waals surface area (Å²) in [7, 11) is 1.92. The molecule has 1 unspecified atom stereocenters. The second-order valence-corrected chi connectivity index (χ2v) is 5.32. The number of amides is 1. The van der Waals surface area contributed by atoms with Gasteiger partial charge < -0.3 is 9.64 Å². The number of hydrogen-bond donors (Lipinski definition) is 1. The minimum atomic E-state index is -0.446. The predicted molar refractivity (Wildman–Crippen MR) is 78.6 cm³/mol. The molecule has 1 N–H and O–H groups in total. The minimum absolute atomic E-state index is 0.164. The summed E-state index contributed by atoms with van der Waals surface area (Å²) in [6.07, 6.45) is -0.446. The second kappa shape index (κ2) is 6.41. The topological polar surface area (TPSA) is 53.9 Å². The van der Waals surface area contributed by atoms with Crippen LogP contribution < -0.4 is 5.32 Å². The molecule has 0 aromatic heterocycles. The summed E-state index contributed by atoms with van der Waals surface area (Å²) in [6, 6.07) is 10.3. The van der Waals surface area contributed by atoms with Crippen LogP contribution in [0.15, 0.2) is 35.3 Å². The number of benzene rings is 1. The number of hydrogen-bond acceptors (Lipinski definition) is 4. The molecule has 20 heavy (non-hydrogen) atoms. The van der Waals surface area contributed by atoms with Gasteiger partial charge in [-0.05, 0) is 11.5 Å². The predicted octanol–water partition coefficient (Wildman–Crippen LogP) is 2.41. The molecule has 2 rings (SSSR count). The van der Waals surface area contributed by atoms with E-state index in [-0.39, 0.29) is 6.04 Å². The Labute approximate surface area is 119 Å². The van der Waals surface area contributed by atoms with Crippen LogP contribution in [0.5, 0.6) is 0 Å². The van der Waals surface area contributed by atoms with Gasteiger partial charge in [-0.15, -0.1) is 0 Å². The molecule has 1 atom stereocenters. The molecule has 0 saturated heterocycles. The number of rotatable bonds is 3. The van der Waals surface area contributed by atoms with Gasteiger partial charge in [-0.2, -0.15) is 0 Å². The Kier molecular flexibility index (Phi) is 4.61. The molecule has 1 aliphatic rings. The Balaban J connectivity index is 1.91. The summed E-state index contributed by atoms with van der Waals surface area (Å²) >= 11 is 0. The molecule has 5 heteroatoms. The maximum atomic E-state index is 11.7. The van der Waals surface area contributed by atoms with Crippen molar-refractivity contribution >= 4 is 12.1 Å². The van der Waals surface area contributed by atoms with Crippen molar-refractivity contribution in [3.63, 3.8) is 0 Å². The monoisotopic (exact) mass is 275 g/mol. The number of carbonyl (C=O) groups is 1. The average Bonchev–Trinajstić information content (AvgIpc) is 2.79. The molecule has 1 aromatic rings. The van der Waals surface area contributed by atoms with E-state index in [0.717, 1.165) is 0 Å². The zero-order valence-electron chi connectivity index (χ0n) is 12.2. The van der Waals surface area contributed by atoms with Crippen LogP contribution in [-0.2, 0) is 4.74 Å². The highest BCUT2D eigenvalue weighted by molar-refractivity contribution is 5.94. The molecule has 0 spiro atoms. The van der Waals surface area contributed by atoms with Crippen molar-refractivity contribution in [2.24, 2.45) is 10.9 Å². The third kappa shape index (κ3) is 3.50. The lowest BCUT2D eigenvalue weighted by molar-refractivity contribution is 0.137. The van der Waals surface area contributed by atoms with Gasteiger partial charge in [-0.1, -0.05) is 44.2 Å². The van der Waals surface area contributed by atoms with Crippen LogP contribution in [-0.4, -0.2) is 37.2 Å². The number of likely N-dealkylation sites (N-methyl/N-ethyl adjacent to an activating group) is 1. The van der Waals surface area contributed by atoms with Crippen molar-refractivity contribution in [2.75, 3.05) is 20.2 Å². The van der Waals surface area contributed by atoms with E-state index in [1.165, 1.54) is 5.56 Å². The fourth-order valence-electron chi connectivity index (χ4n) is 2.06. The van der Waals surface area contributed by atoms with E-state index < -0.39 is 6.09 Å². The highest BCUT2D eigenvalue weighted by Crippen LogP contribution is 2.23. The van der Waals surface area contributed by atoms with Gasteiger partial charge in [0.15, 0.2) is 0 Å². The van der Waals surface area contributed by atoms with E-state index in [0.29, 0.717) is 25.0 Å². The number of carbonyl (C=O) groups excluding carboxylic acids is 1. The van der Waals surface area contributed by atoms with E-state index in [1.54, 1.807) is 0 Å². The van der Waals surface area contributed by atoms with Gasteiger partial charge in [0.05, 0.1) is 19.2 Å². The molecule has 0 saturated carbocycles. The molecule has 0 aliphatic carbocycles. The second-order valence-electron chi connectivity index (χ2n) is 5.32. The first kappa shape index (κ1) is 14.4. The smallest absolute Gasteiger partial charge is 0.413 e. The van der Waals surface area contributed by atoms with Gasteiger partial charge in [-0.3, -0.25) is 10.3 Å². The zero-order valence-corrected chi connectivity index (χ0v) is 12.2. The summed E-state index contributed by atoms with van der Waals surface area (Å²) in [4.78, 5) is 18.0. The summed E-state index contributed by atoms with van der Waals surface area (Å²) in [5, 5.41) is 2.70. The summed E-state index contributed by atoms with van der Waals surface area (Å²) in [5.41, 5.74) is 1.19. The SMILES string of the molecule is CC(C)COC(=O)NC1=NCC(c2ccccc2)N1C. The van der Waals surface area contributed by atoms with Crippen LogP contribution >= 0.6 is 0 Å². The van der Waals surface area contributed by atoms with Gasteiger partial charge in [0.25, 0.3) is 0 Å². The number of guanidine groups is 1. The minimum Gasteiger partial charge on any atom is -0.449 e. The Hall–Kier alpha value is -2.04. The fourth-order valence-corrected chi connectivity index (χ4v) is 2.06. The largest absolute Gasteiger partial charge is 0.449 e. The van der Waals surface area contributed by atoms with Crippen molar-refractivity contribution in [1.82, 2.24) is 10.2 Å². The van der Waals surface area contributed by atoms with Gasteiger partial charge >= 0.3 is 6.09 Å². The molecular weight excluding hydrogens is 254 g/mol. The zero-order chi connectivity index (χ0) is 14.5. The van der Waals surface area contributed by atoms with Crippen molar-refractivity contribution in [2.45, 2.75) is 19.9 Å². The van der Waals surface area contributed by atoms with Crippen LogP contribution in [0.2, 0.25) is 0 Å². The Morgan fingerprint density at radius 1 is 1.45 bits per heavy atom. The lowest BCUT2D eigenvalue weighted by Gasteiger charge is -2.23.